The standard InChI is InChI=1S/C14H13BrFN3O/c15-14-9(3-1-4-10(14)16)8-19-13(20)7-12-11(18-19)5-2-6-17-12/h1,3-4,7,17H,2,5-6,8H2. The van der Waals surface area contributed by atoms with Crippen LogP contribution in [0.1, 0.15) is 17.7 Å². The second kappa shape index (κ2) is 5.36. The average Bonchev–Trinajstić information content (AvgIpc) is 2.44. The maximum atomic E-state index is 13.5. The average molecular weight is 338 g/mol. The number of aromatic nitrogens is 2. The van der Waals surface area contributed by atoms with E-state index in [-0.39, 0.29) is 17.9 Å². The molecule has 2 heterocycles. The molecule has 6 heteroatoms. The van der Waals surface area contributed by atoms with Crippen molar-refractivity contribution in [2.24, 2.45) is 0 Å². The van der Waals surface area contributed by atoms with Crippen LogP contribution in [0.3, 0.4) is 0 Å². The van der Waals surface area contributed by atoms with Gasteiger partial charge < -0.3 is 5.32 Å². The quantitative estimate of drug-likeness (QED) is 0.916. The minimum absolute atomic E-state index is 0.186. The predicted molar refractivity (Wildman–Crippen MR) is 78.5 cm³/mol. The van der Waals surface area contributed by atoms with Gasteiger partial charge in [0, 0.05) is 12.6 Å². The van der Waals surface area contributed by atoms with Crippen molar-refractivity contribution in [3.8, 4) is 0 Å². The van der Waals surface area contributed by atoms with E-state index in [1.807, 2.05) is 0 Å². The van der Waals surface area contributed by atoms with Gasteiger partial charge in [0.2, 0.25) is 0 Å². The number of hydrogen-bond donors (Lipinski definition) is 1. The molecule has 0 unspecified atom stereocenters. The van der Waals surface area contributed by atoms with Gasteiger partial charge >= 0.3 is 0 Å². The number of anilines is 1. The molecule has 1 aromatic heterocycles. The first-order valence-corrected chi connectivity index (χ1v) is 7.22. The van der Waals surface area contributed by atoms with Crippen molar-refractivity contribution in [3.05, 3.63) is 56.2 Å². The maximum Gasteiger partial charge on any atom is 0.269 e. The zero-order valence-corrected chi connectivity index (χ0v) is 12.3. The Balaban J connectivity index is 1.98. The zero-order valence-electron chi connectivity index (χ0n) is 10.7. The van der Waals surface area contributed by atoms with Gasteiger partial charge in [0.1, 0.15) is 5.82 Å². The van der Waals surface area contributed by atoms with Crippen LogP contribution in [0, 0.1) is 5.82 Å². The van der Waals surface area contributed by atoms with Crippen LogP contribution in [0.2, 0.25) is 0 Å². The minimum atomic E-state index is -0.338. The molecule has 0 atom stereocenters. The molecule has 104 valence electrons. The highest BCUT2D eigenvalue weighted by Crippen LogP contribution is 2.21. The second-order valence-corrected chi connectivity index (χ2v) is 5.54. The first-order valence-electron chi connectivity index (χ1n) is 6.43. The molecule has 0 saturated carbocycles. The van der Waals surface area contributed by atoms with Crippen LogP contribution in [0.25, 0.3) is 0 Å². The first-order chi connectivity index (χ1) is 9.65. The van der Waals surface area contributed by atoms with Crippen molar-refractivity contribution >= 4 is 21.6 Å². The molecule has 4 nitrogen and oxygen atoms in total. The molecular formula is C14H13BrFN3O. The Morgan fingerprint density at radius 3 is 3.15 bits per heavy atom. The third-order valence-electron chi connectivity index (χ3n) is 3.33. The van der Waals surface area contributed by atoms with Gasteiger partial charge in [-0.1, -0.05) is 12.1 Å². The summed E-state index contributed by atoms with van der Waals surface area (Å²) in [6, 6.07) is 6.34. The fraction of sp³-hybridized carbons (Fsp3) is 0.286. The third kappa shape index (κ3) is 2.47. The van der Waals surface area contributed by atoms with Crippen LogP contribution >= 0.6 is 15.9 Å². The largest absolute Gasteiger partial charge is 0.383 e. The lowest BCUT2D eigenvalue weighted by atomic mass is 10.1. The van der Waals surface area contributed by atoms with Crippen LogP contribution in [0.5, 0.6) is 0 Å². The SMILES string of the molecule is O=c1cc2c(nn1Cc1cccc(F)c1Br)CCCN2. The van der Waals surface area contributed by atoms with Gasteiger partial charge in [0.15, 0.2) is 0 Å². The van der Waals surface area contributed by atoms with Crippen molar-refractivity contribution in [3.63, 3.8) is 0 Å². The van der Waals surface area contributed by atoms with E-state index in [0.717, 1.165) is 30.8 Å². The molecule has 0 fully saturated rings. The lowest BCUT2D eigenvalue weighted by Gasteiger charge is -2.18. The normalized spacial score (nSPS) is 13.7. The van der Waals surface area contributed by atoms with Gasteiger partial charge in [-0.25, -0.2) is 9.07 Å². The van der Waals surface area contributed by atoms with E-state index < -0.39 is 0 Å². The minimum Gasteiger partial charge on any atom is -0.383 e. The smallest absolute Gasteiger partial charge is 0.269 e. The van der Waals surface area contributed by atoms with Crippen LogP contribution in [-0.4, -0.2) is 16.3 Å². The van der Waals surface area contributed by atoms with Crippen LogP contribution in [0.4, 0.5) is 10.1 Å². The highest BCUT2D eigenvalue weighted by atomic mass is 79.9. The number of nitrogens with one attached hydrogen (secondary N) is 1. The monoisotopic (exact) mass is 337 g/mol. The van der Waals surface area contributed by atoms with Gasteiger partial charge in [-0.15, -0.1) is 0 Å². The van der Waals surface area contributed by atoms with Gasteiger partial charge in [-0.2, -0.15) is 5.10 Å². The third-order valence-corrected chi connectivity index (χ3v) is 4.22. The topological polar surface area (TPSA) is 46.9 Å². The van der Waals surface area contributed by atoms with E-state index in [4.69, 9.17) is 0 Å². The predicted octanol–water partition coefficient (Wildman–Crippen LogP) is 2.55. The molecular weight excluding hydrogens is 325 g/mol. The Labute approximate surface area is 123 Å². The number of fused-ring (bicyclic) bond motifs is 1. The number of halogens is 2. The number of nitrogens with zero attached hydrogens (tertiary/aromatic N) is 2. The number of aryl methyl sites for hydroxylation is 1. The summed E-state index contributed by atoms with van der Waals surface area (Å²) in [5, 5.41) is 7.55. The summed E-state index contributed by atoms with van der Waals surface area (Å²) in [5.74, 6) is -0.338. The molecule has 0 amide bonds. The molecule has 20 heavy (non-hydrogen) atoms. The van der Waals surface area contributed by atoms with E-state index in [1.54, 1.807) is 18.2 Å². The molecule has 1 aliphatic rings. The second-order valence-electron chi connectivity index (χ2n) is 4.74. The Morgan fingerprint density at radius 1 is 1.45 bits per heavy atom. The summed E-state index contributed by atoms with van der Waals surface area (Å²) in [5.41, 5.74) is 2.22. The fourth-order valence-corrected chi connectivity index (χ4v) is 2.68. The molecule has 2 aromatic rings. The van der Waals surface area contributed by atoms with Gasteiger partial charge in [0.05, 0.1) is 22.4 Å². The molecule has 1 aromatic carbocycles. The Morgan fingerprint density at radius 2 is 2.30 bits per heavy atom. The molecule has 1 aliphatic heterocycles. The van der Waals surface area contributed by atoms with Crippen molar-refractivity contribution in [1.82, 2.24) is 9.78 Å². The van der Waals surface area contributed by atoms with Crippen LogP contribution in [-0.2, 0) is 13.0 Å². The lowest BCUT2D eigenvalue weighted by Crippen LogP contribution is -2.27. The zero-order chi connectivity index (χ0) is 14.1. The van der Waals surface area contributed by atoms with Gasteiger partial charge in [-0.3, -0.25) is 4.79 Å². The summed E-state index contributed by atoms with van der Waals surface area (Å²) in [7, 11) is 0. The molecule has 3 rings (SSSR count). The Kier molecular flexibility index (Phi) is 3.56. The van der Waals surface area contributed by atoms with E-state index in [1.165, 1.54) is 10.7 Å². The van der Waals surface area contributed by atoms with Crippen LogP contribution in [0.15, 0.2) is 33.5 Å². The molecule has 0 saturated heterocycles. The number of rotatable bonds is 2. The summed E-state index contributed by atoms with van der Waals surface area (Å²) in [6.07, 6.45) is 1.86. The highest BCUT2D eigenvalue weighted by molar-refractivity contribution is 9.10. The Hall–Kier alpha value is -1.69. The van der Waals surface area contributed by atoms with Crippen molar-refractivity contribution in [2.75, 3.05) is 11.9 Å². The summed E-state index contributed by atoms with van der Waals surface area (Å²) >= 11 is 3.21. The number of hydrogen-bond acceptors (Lipinski definition) is 3. The molecule has 0 bridgehead atoms. The summed E-state index contributed by atoms with van der Waals surface area (Å²) < 4.78 is 15.3. The summed E-state index contributed by atoms with van der Waals surface area (Å²) in [6.45, 7) is 1.12. The molecule has 1 N–H and O–H groups in total. The lowest BCUT2D eigenvalue weighted by molar-refractivity contribution is 0.591. The van der Waals surface area contributed by atoms with E-state index in [2.05, 4.69) is 26.3 Å². The van der Waals surface area contributed by atoms with Crippen molar-refractivity contribution < 1.29 is 4.39 Å². The van der Waals surface area contributed by atoms with E-state index in [0.29, 0.717) is 10.0 Å². The fourth-order valence-electron chi connectivity index (χ4n) is 2.29. The highest BCUT2D eigenvalue weighted by Gasteiger charge is 2.14. The van der Waals surface area contributed by atoms with E-state index >= 15 is 0 Å². The molecule has 0 radical (unpaired) electrons. The maximum absolute atomic E-state index is 13.5. The van der Waals surface area contributed by atoms with Crippen LogP contribution < -0.4 is 10.9 Å². The summed E-state index contributed by atoms with van der Waals surface area (Å²) in [4.78, 5) is 12.0. The number of benzene rings is 1. The molecule has 0 aliphatic carbocycles. The van der Waals surface area contributed by atoms with Crippen molar-refractivity contribution in [1.29, 1.82) is 0 Å². The van der Waals surface area contributed by atoms with Gasteiger partial charge in [-0.05, 0) is 40.4 Å². The Bertz CT molecular complexity index is 714. The first kappa shape index (κ1) is 13.3. The van der Waals surface area contributed by atoms with E-state index in [9.17, 15) is 9.18 Å². The van der Waals surface area contributed by atoms with Gasteiger partial charge in [0.25, 0.3) is 5.56 Å². The molecule has 0 spiro atoms. The van der Waals surface area contributed by atoms with Crippen molar-refractivity contribution in [2.45, 2.75) is 19.4 Å².